The molecular weight excluding hydrogens is 635 g/mol. The third-order valence-electron chi connectivity index (χ3n) is 9.79. The van der Waals surface area contributed by atoms with Gasteiger partial charge < -0.3 is 8.97 Å². The third-order valence-corrected chi connectivity index (χ3v) is 9.79. The molecule has 10 aromatic rings. The lowest BCUT2D eigenvalue weighted by molar-refractivity contribution is 1.07. The molecule has 0 atom stereocenters. The molecule has 0 amide bonds. The molecule has 10 rings (SSSR count). The van der Waals surface area contributed by atoms with Gasteiger partial charge in [-0.05, 0) is 59.7 Å². The van der Waals surface area contributed by atoms with Gasteiger partial charge in [-0.1, -0.05) is 133 Å². The van der Waals surface area contributed by atoms with Crippen LogP contribution in [0, 0.1) is 0 Å². The van der Waals surface area contributed by atoms with E-state index in [0.29, 0.717) is 17.5 Å². The van der Waals surface area contributed by atoms with Crippen molar-refractivity contribution in [3.63, 3.8) is 0 Å². The highest BCUT2D eigenvalue weighted by molar-refractivity contribution is 6.21. The van der Waals surface area contributed by atoms with E-state index in [0.717, 1.165) is 39.2 Å². The van der Waals surface area contributed by atoms with Gasteiger partial charge in [-0.3, -0.25) is 0 Å². The summed E-state index contributed by atoms with van der Waals surface area (Å²) in [5.74, 6) is 1.93. The van der Waals surface area contributed by atoms with Crippen LogP contribution in [0.25, 0.3) is 89.6 Å². The second kappa shape index (κ2) is 12.3. The number of hydrogen-bond acceptors (Lipinski definition) is 3. The molecule has 0 unspecified atom stereocenters. The molecule has 52 heavy (non-hydrogen) atoms. The van der Waals surface area contributed by atoms with E-state index in [4.69, 9.17) is 15.0 Å². The van der Waals surface area contributed by atoms with Crippen molar-refractivity contribution in [1.82, 2.24) is 23.9 Å². The molecule has 0 bridgehead atoms. The van der Waals surface area contributed by atoms with Crippen molar-refractivity contribution in [2.45, 2.75) is 0 Å². The summed E-state index contributed by atoms with van der Waals surface area (Å²) in [5, 5.41) is 2.44. The molecule has 0 aliphatic heterocycles. The molecule has 0 fully saturated rings. The number of benzene rings is 6. The van der Waals surface area contributed by atoms with Gasteiger partial charge in [0, 0.05) is 44.9 Å². The van der Waals surface area contributed by atoms with Crippen LogP contribution in [0.1, 0.15) is 0 Å². The van der Waals surface area contributed by atoms with Crippen LogP contribution in [-0.2, 0) is 0 Å². The van der Waals surface area contributed by atoms with E-state index in [2.05, 4.69) is 136 Å². The van der Waals surface area contributed by atoms with E-state index in [9.17, 15) is 0 Å². The first-order chi connectivity index (χ1) is 25.8. The smallest absolute Gasteiger partial charge is 0.164 e. The maximum absolute atomic E-state index is 4.98. The molecule has 0 aliphatic carbocycles. The molecule has 4 aromatic heterocycles. The van der Waals surface area contributed by atoms with Crippen LogP contribution in [0.3, 0.4) is 0 Å². The largest absolute Gasteiger partial charge is 0.314 e. The summed E-state index contributed by atoms with van der Waals surface area (Å²) in [5.41, 5.74) is 12.1. The van der Waals surface area contributed by atoms with Gasteiger partial charge in [0.25, 0.3) is 0 Å². The summed E-state index contributed by atoms with van der Waals surface area (Å²) in [4.78, 5) is 14.8. The van der Waals surface area contributed by atoms with Crippen molar-refractivity contribution in [2.75, 3.05) is 0 Å². The Bertz CT molecular complexity index is 2800. The number of hydrogen-bond donors (Lipinski definition) is 0. The molecule has 5 nitrogen and oxygen atoms in total. The lowest BCUT2D eigenvalue weighted by atomic mass is 10.0. The molecule has 5 heteroatoms. The molecule has 4 heterocycles. The van der Waals surface area contributed by atoms with Crippen molar-refractivity contribution in [1.29, 1.82) is 0 Å². The summed E-state index contributed by atoms with van der Waals surface area (Å²) in [6.45, 7) is 0. The Balaban J connectivity index is 1.20. The van der Waals surface area contributed by atoms with Gasteiger partial charge in [-0.25, -0.2) is 15.0 Å². The van der Waals surface area contributed by atoms with Crippen molar-refractivity contribution >= 4 is 27.3 Å². The van der Waals surface area contributed by atoms with Gasteiger partial charge in [-0.2, -0.15) is 0 Å². The first-order valence-corrected chi connectivity index (χ1v) is 17.5. The highest BCUT2D eigenvalue weighted by Crippen LogP contribution is 2.43. The molecule has 0 saturated heterocycles. The zero-order valence-corrected chi connectivity index (χ0v) is 28.1. The minimum Gasteiger partial charge on any atom is -0.314 e. The fourth-order valence-corrected chi connectivity index (χ4v) is 7.38. The second-order valence-electron chi connectivity index (χ2n) is 12.9. The Kier molecular flexibility index (Phi) is 7.07. The highest BCUT2D eigenvalue weighted by atomic mass is 15.0. The Morgan fingerprint density at radius 1 is 0.365 bits per heavy atom. The van der Waals surface area contributed by atoms with Crippen molar-refractivity contribution < 1.29 is 0 Å². The Labute approximate surface area is 300 Å². The van der Waals surface area contributed by atoms with E-state index < -0.39 is 0 Å². The zero-order valence-electron chi connectivity index (χ0n) is 28.1. The van der Waals surface area contributed by atoms with Crippen LogP contribution in [0.5, 0.6) is 0 Å². The Morgan fingerprint density at radius 2 is 0.846 bits per heavy atom. The van der Waals surface area contributed by atoms with Crippen LogP contribution in [0.4, 0.5) is 0 Å². The predicted molar refractivity (Wildman–Crippen MR) is 212 cm³/mol. The first-order valence-electron chi connectivity index (χ1n) is 17.5. The summed E-state index contributed by atoms with van der Waals surface area (Å²) >= 11 is 0. The van der Waals surface area contributed by atoms with Gasteiger partial charge in [0.05, 0.1) is 22.2 Å². The average molecular weight is 666 g/mol. The topological polar surface area (TPSA) is 48.0 Å². The number of aromatic nitrogens is 5. The Hall–Kier alpha value is -7.11. The minimum absolute atomic E-state index is 0.633. The molecule has 0 N–H and O–H groups in total. The van der Waals surface area contributed by atoms with Gasteiger partial charge >= 0.3 is 0 Å². The molecule has 0 spiro atoms. The van der Waals surface area contributed by atoms with E-state index in [1.807, 2.05) is 60.7 Å². The molecule has 0 saturated carbocycles. The van der Waals surface area contributed by atoms with Crippen molar-refractivity contribution in [3.05, 3.63) is 188 Å². The number of pyridine rings is 1. The quantitative estimate of drug-likeness (QED) is 0.178. The number of nitrogens with zero attached hydrogens (tertiary/aromatic N) is 5. The van der Waals surface area contributed by atoms with Crippen LogP contribution >= 0.6 is 0 Å². The average Bonchev–Trinajstić information content (AvgIpc) is 3.74. The van der Waals surface area contributed by atoms with Crippen molar-refractivity contribution in [2.24, 2.45) is 0 Å². The second-order valence-corrected chi connectivity index (χ2v) is 12.9. The fourth-order valence-electron chi connectivity index (χ4n) is 7.38. The van der Waals surface area contributed by atoms with Crippen LogP contribution < -0.4 is 0 Å². The normalized spacial score (nSPS) is 11.5. The van der Waals surface area contributed by atoms with E-state index in [1.54, 1.807) is 0 Å². The lowest BCUT2D eigenvalue weighted by Crippen LogP contribution is -2.00. The molecule has 0 aliphatic rings. The van der Waals surface area contributed by atoms with Gasteiger partial charge in [0.15, 0.2) is 17.5 Å². The van der Waals surface area contributed by atoms with E-state index >= 15 is 0 Å². The van der Waals surface area contributed by atoms with Crippen LogP contribution in [0.15, 0.2) is 188 Å². The fraction of sp³-hybridized carbons (Fsp3) is 0. The van der Waals surface area contributed by atoms with Crippen LogP contribution in [-0.4, -0.2) is 23.9 Å². The molecule has 6 aromatic carbocycles. The first kappa shape index (κ1) is 29.8. The SMILES string of the molecule is c1ccc(-c2ccc3c(c2)c2c(c(-c4ccccc4)n4ccccc24)n3-c2ccc(-c3nc(-c4ccccc4)nc(-c4ccccc4)n3)cc2)cc1. The maximum atomic E-state index is 4.98. The standard InChI is InChI=1S/C47H31N5/c1-5-15-32(16-6-1)37-26-29-40-39(31-37)42-41-23-13-14-30-51(41)43(33-17-7-2-8-18-33)44(42)52(40)38-27-24-36(25-28-38)47-49-45(34-19-9-3-10-20-34)48-46(50-47)35-21-11-4-12-22-35/h1-31H. The molecule has 0 radical (unpaired) electrons. The summed E-state index contributed by atoms with van der Waals surface area (Å²) in [6.07, 6.45) is 2.17. The van der Waals surface area contributed by atoms with Gasteiger partial charge in [0.2, 0.25) is 0 Å². The predicted octanol–water partition coefficient (Wildman–Crippen LogP) is 11.6. The van der Waals surface area contributed by atoms with Gasteiger partial charge in [0.1, 0.15) is 0 Å². The molecule has 244 valence electrons. The van der Waals surface area contributed by atoms with E-state index in [1.165, 1.54) is 32.9 Å². The number of rotatable bonds is 6. The summed E-state index contributed by atoms with van der Waals surface area (Å²) in [6, 6.07) is 63.4. The summed E-state index contributed by atoms with van der Waals surface area (Å²) in [7, 11) is 0. The van der Waals surface area contributed by atoms with Crippen molar-refractivity contribution in [3.8, 4) is 62.2 Å². The Morgan fingerprint density at radius 3 is 1.42 bits per heavy atom. The number of fused-ring (bicyclic) bond motifs is 5. The van der Waals surface area contributed by atoms with E-state index in [-0.39, 0.29) is 0 Å². The maximum Gasteiger partial charge on any atom is 0.164 e. The zero-order chi connectivity index (χ0) is 34.4. The highest BCUT2D eigenvalue weighted by Gasteiger charge is 2.23. The van der Waals surface area contributed by atoms with Crippen LogP contribution in [0.2, 0.25) is 0 Å². The molecular formula is C47H31N5. The van der Waals surface area contributed by atoms with Gasteiger partial charge in [-0.15, -0.1) is 0 Å². The lowest BCUT2D eigenvalue weighted by Gasteiger charge is -2.13. The third kappa shape index (κ3) is 4.98. The monoisotopic (exact) mass is 665 g/mol. The summed E-state index contributed by atoms with van der Waals surface area (Å²) < 4.78 is 4.75. The minimum atomic E-state index is 0.633.